The van der Waals surface area contributed by atoms with E-state index >= 15 is 0 Å². The van der Waals surface area contributed by atoms with Crippen LogP contribution in [0.2, 0.25) is 0 Å². The number of rotatable bonds is 4. The smallest absolute Gasteiger partial charge is 0.273 e. The van der Waals surface area contributed by atoms with Gasteiger partial charge in [0.2, 0.25) is 5.91 Å². The van der Waals surface area contributed by atoms with Gasteiger partial charge in [0, 0.05) is 6.42 Å². The fourth-order valence-electron chi connectivity index (χ4n) is 1.55. The molecule has 0 saturated heterocycles. The van der Waals surface area contributed by atoms with Gasteiger partial charge in [-0.15, -0.1) is 0 Å². The van der Waals surface area contributed by atoms with Crippen LogP contribution < -0.4 is 0 Å². The molecule has 0 aliphatic carbocycles. The van der Waals surface area contributed by atoms with Gasteiger partial charge in [0.1, 0.15) is 12.4 Å². The number of aromatic nitrogens is 2. The van der Waals surface area contributed by atoms with Crippen molar-refractivity contribution in [3.63, 3.8) is 0 Å². The normalized spacial score (nSPS) is 10.2. The van der Waals surface area contributed by atoms with Gasteiger partial charge in [-0.2, -0.15) is 5.10 Å². The van der Waals surface area contributed by atoms with E-state index in [1.807, 2.05) is 30.3 Å². The molecule has 0 radical (unpaired) electrons. The van der Waals surface area contributed by atoms with Crippen LogP contribution in [0.15, 0.2) is 42.7 Å². The summed E-state index contributed by atoms with van der Waals surface area (Å²) in [5.74, 6) is -0.257. The van der Waals surface area contributed by atoms with Crippen LogP contribution in [0.4, 0.5) is 5.69 Å². The van der Waals surface area contributed by atoms with E-state index in [1.54, 1.807) is 0 Å². The average Bonchev–Trinajstić information content (AvgIpc) is 2.87. The van der Waals surface area contributed by atoms with Crippen molar-refractivity contribution in [2.45, 2.75) is 12.8 Å². The SMILES string of the molecule is O=C(CCc1ccccc1)n1cc([N+](=O)[O-])cn1. The van der Waals surface area contributed by atoms with Gasteiger partial charge < -0.3 is 0 Å². The minimum atomic E-state index is -0.575. The summed E-state index contributed by atoms with van der Waals surface area (Å²) in [6.45, 7) is 0. The van der Waals surface area contributed by atoms with Crippen molar-refractivity contribution in [1.82, 2.24) is 9.78 Å². The molecule has 0 aliphatic rings. The minimum absolute atomic E-state index is 0.178. The van der Waals surface area contributed by atoms with E-state index in [0.717, 1.165) is 22.6 Å². The lowest BCUT2D eigenvalue weighted by Gasteiger charge is -2.00. The number of hydrogen-bond acceptors (Lipinski definition) is 4. The van der Waals surface area contributed by atoms with Crippen LogP contribution in [0.5, 0.6) is 0 Å². The number of nitrogens with zero attached hydrogens (tertiary/aromatic N) is 3. The van der Waals surface area contributed by atoms with Gasteiger partial charge in [0.15, 0.2) is 0 Å². The van der Waals surface area contributed by atoms with E-state index in [0.29, 0.717) is 6.42 Å². The van der Waals surface area contributed by atoms with Crippen LogP contribution in [0.25, 0.3) is 0 Å². The molecule has 6 nitrogen and oxygen atoms in total. The van der Waals surface area contributed by atoms with Crippen molar-refractivity contribution in [3.8, 4) is 0 Å². The third-order valence-corrected chi connectivity index (χ3v) is 2.51. The molecule has 92 valence electrons. The summed E-state index contributed by atoms with van der Waals surface area (Å²) in [5, 5.41) is 14.1. The molecule has 0 aliphatic heterocycles. The quantitative estimate of drug-likeness (QED) is 0.610. The first-order valence-electron chi connectivity index (χ1n) is 5.43. The van der Waals surface area contributed by atoms with Crippen LogP contribution in [0.3, 0.4) is 0 Å². The Bertz CT molecular complexity index is 563. The topological polar surface area (TPSA) is 78.0 Å². The summed E-state index contributed by atoms with van der Waals surface area (Å²) >= 11 is 0. The zero-order valence-electron chi connectivity index (χ0n) is 9.52. The Balaban J connectivity index is 1.97. The van der Waals surface area contributed by atoms with Gasteiger partial charge in [-0.05, 0) is 12.0 Å². The molecule has 0 bridgehead atoms. The molecule has 0 amide bonds. The maximum absolute atomic E-state index is 11.7. The highest BCUT2D eigenvalue weighted by Crippen LogP contribution is 2.09. The van der Waals surface area contributed by atoms with E-state index in [4.69, 9.17) is 0 Å². The Hall–Kier alpha value is -2.50. The number of nitro groups is 1. The molecular weight excluding hydrogens is 234 g/mol. The Morgan fingerprint density at radius 2 is 2.06 bits per heavy atom. The summed E-state index contributed by atoms with van der Waals surface area (Å²) < 4.78 is 1.01. The maximum Gasteiger partial charge on any atom is 0.307 e. The molecule has 6 heteroatoms. The van der Waals surface area contributed by atoms with E-state index in [1.165, 1.54) is 0 Å². The molecule has 2 rings (SSSR count). The predicted molar refractivity (Wildman–Crippen MR) is 64.3 cm³/mol. The van der Waals surface area contributed by atoms with E-state index < -0.39 is 4.92 Å². The van der Waals surface area contributed by atoms with Gasteiger partial charge >= 0.3 is 5.69 Å². The lowest BCUT2D eigenvalue weighted by molar-refractivity contribution is -0.384. The summed E-state index contributed by atoms with van der Waals surface area (Å²) in [7, 11) is 0. The van der Waals surface area contributed by atoms with Crippen LogP contribution in [-0.2, 0) is 6.42 Å². The Labute approximate surface area is 103 Å². The summed E-state index contributed by atoms with van der Waals surface area (Å²) in [5.41, 5.74) is 0.871. The molecular formula is C12H11N3O3. The zero-order valence-corrected chi connectivity index (χ0v) is 9.52. The van der Waals surface area contributed by atoms with Crippen molar-refractivity contribution in [2.75, 3.05) is 0 Å². The van der Waals surface area contributed by atoms with Crippen LogP contribution in [0.1, 0.15) is 16.8 Å². The fourth-order valence-corrected chi connectivity index (χ4v) is 1.55. The molecule has 0 fully saturated rings. The zero-order chi connectivity index (χ0) is 13.0. The Morgan fingerprint density at radius 1 is 1.33 bits per heavy atom. The molecule has 1 aromatic carbocycles. The Morgan fingerprint density at radius 3 is 2.67 bits per heavy atom. The number of aryl methyl sites for hydroxylation is 1. The van der Waals surface area contributed by atoms with Crippen molar-refractivity contribution in [1.29, 1.82) is 0 Å². The standard InChI is InChI=1S/C12H11N3O3/c16-12(7-6-10-4-2-1-3-5-10)14-9-11(8-13-14)15(17)18/h1-5,8-9H,6-7H2. The largest absolute Gasteiger partial charge is 0.307 e. The molecule has 0 spiro atoms. The van der Waals surface area contributed by atoms with Crippen molar-refractivity contribution < 1.29 is 9.72 Å². The summed E-state index contributed by atoms with van der Waals surface area (Å²) in [6.07, 6.45) is 3.06. The van der Waals surface area contributed by atoms with Crippen LogP contribution >= 0.6 is 0 Å². The lowest BCUT2D eigenvalue weighted by atomic mass is 10.1. The second-order valence-corrected chi connectivity index (χ2v) is 3.78. The van der Waals surface area contributed by atoms with E-state index in [-0.39, 0.29) is 18.0 Å². The first-order valence-corrected chi connectivity index (χ1v) is 5.43. The Kier molecular flexibility index (Phi) is 3.47. The van der Waals surface area contributed by atoms with Gasteiger partial charge in [-0.1, -0.05) is 30.3 Å². The number of hydrogen-bond donors (Lipinski definition) is 0. The van der Waals surface area contributed by atoms with Gasteiger partial charge in [0.25, 0.3) is 0 Å². The highest BCUT2D eigenvalue weighted by atomic mass is 16.6. The highest BCUT2D eigenvalue weighted by Gasteiger charge is 2.13. The second kappa shape index (κ2) is 5.22. The highest BCUT2D eigenvalue weighted by molar-refractivity contribution is 5.78. The van der Waals surface area contributed by atoms with E-state index in [2.05, 4.69) is 5.10 Å². The monoisotopic (exact) mass is 245 g/mol. The third-order valence-electron chi connectivity index (χ3n) is 2.51. The van der Waals surface area contributed by atoms with Crippen LogP contribution in [-0.4, -0.2) is 20.6 Å². The van der Waals surface area contributed by atoms with Gasteiger partial charge in [-0.25, -0.2) is 4.68 Å². The number of carbonyl (C=O) groups excluding carboxylic acids is 1. The maximum atomic E-state index is 11.7. The molecule has 1 aromatic heterocycles. The average molecular weight is 245 g/mol. The van der Waals surface area contributed by atoms with Crippen molar-refractivity contribution in [2.24, 2.45) is 0 Å². The van der Waals surface area contributed by atoms with Gasteiger partial charge in [-0.3, -0.25) is 14.9 Å². The molecule has 1 heterocycles. The van der Waals surface area contributed by atoms with Crippen molar-refractivity contribution in [3.05, 3.63) is 58.4 Å². The molecule has 0 unspecified atom stereocenters. The first kappa shape index (κ1) is 12.0. The molecule has 2 aromatic rings. The van der Waals surface area contributed by atoms with E-state index in [9.17, 15) is 14.9 Å². The number of benzene rings is 1. The van der Waals surface area contributed by atoms with Gasteiger partial charge in [0.05, 0.1) is 4.92 Å². The summed E-state index contributed by atoms with van der Waals surface area (Å²) in [4.78, 5) is 21.6. The van der Waals surface area contributed by atoms with Crippen LogP contribution in [0, 0.1) is 10.1 Å². The lowest BCUT2D eigenvalue weighted by Crippen LogP contribution is -2.11. The minimum Gasteiger partial charge on any atom is -0.273 e. The first-order chi connectivity index (χ1) is 8.66. The molecule has 0 atom stereocenters. The molecule has 18 heavy (non-hydrogen) atoms. The molecule has 0 saturated carbocycles. The fraction of sp³-hybridized carbons (Fsp3) is 0.167. The number of carbonyl (C=O) groups is 1. The molecule has 0 N–H and O–H groups in total. The summed E-state index contributed by atoms with van der Waals surface area (Å²) in [6, 6.07) is 9.57. The second-order valence-electron chi connectivity index (χ2n) is 3.78. The third kappa shape index (κ3) is 2.79. The van der Waals surface area contributed by atoms with Crippen molar-refractivity contribution >= 4 is 11.6 Å². The predicted octanol–water partition coefficient (Wildman–Crippen LogP) is 2.06.